The number of benzene rings is 1. The van der Waals surface area contributed by atoms with Crippen molar-refractivity contribution in [3.63, 3.8) is 0 Å². The monoisotopic (exact) mass is 284 g/mol. The Morgan fingerprint density at radius 1 is 1.05 bits per heavy atom. The molecular weight excluding hydrogens is 272 g/mol. The summed E-state index contributed by atoms with van der Waals surface area (Å²) in [5, 5.41) is 0. The van der Waals surface area contributed by atoms with E-state index < -0.39 is 0 Å². The summed E-state index contributed by atoms with van der Waals surface area (Å²) in [7, 11) is 0. The molecule has 4 heteroatoms. The summed E-state index contributed by atoms with van der Waals surface area (Å²) in [4.78, 5) is 11.8. The average Bonchev–Trinajstić information content (AvgIpc) is 3.17. The van der Waals surface area contributed by atoms with Gasteiger partial charge in [0.25, 0.3) is 0 Å². The van der Waals surface area contributed by atoms with Crippen LogP contribution in [0.1, 0.15) is 16.3 Å². The Morgan fingerprint density at radius 2 is 1.90 bits per heavy atom. The van der Waals surface area contributed by atoms with E-state index in [1.807, 2.05) is 36.4 Å². The molecule has 0 fully saturated rings. The van der Waals surface area contributed by atoms with E-state index in [2.05, 4.69) is 0 Å². The zero-order valence-electron chi connectivity index (χ0n) is 10.6. The molecule has 0 aliphatic heterocycles. The van der Waals surface area contributed by atoms with E-state index in [0.717, 1.165) is 22.0 Å². The lowest BCUT2D eigenvalue weighted by atomic mass is 10.2. The molecule has 0 aliphatic rings. The Morgan fingerprint density at radius 3 is 2.55 bits per heavy atom. The van der Waals surface area contributed by atoms with E-state index in [1.165, 1.54) is 0 Å². The van der Waals surface area contributed by atoms with Crippen LogP contribution in [0.3, 0.4) is 0 Å². The summed E-state index contributed by atoms with van der Waals surface area (Å²) < 4.78 is 10.7. The molecule has 1 aromatic carbocycles. The van der Waals surface area contributed by atoms with Crippen LogP contribution in [0, 0.1) is 0 Å². The quantitative estimate of drug-likeness (QED) is 0.505. The van der Waals surface area contributed by atoms with Gasteiger partial charge in [-0.2, -0.15) is 0 Å². The maximum absolute atomic E-state index is 10.6. The molecule has 3 aromatic rings. The normalized spacial score (nSPS) is 10.6. The van der Waals surface area contributed by atoms with Gasteiger partial charge in [0.2, 0.25) is 0 Å². The Kier molecular flexibility index (Phi) is 3.74. The van der Waals surface area contributed by atoms with Crippen molar-refractivity contribution >= 4 is 18.0 Å². The number of thioether (sulfide) groups is 1. The van der Waals surface area contributed by atoms with Crippen LogP contribution in [0.5, 0.6) is 0 Å². The third-order valence-electron chi connectivity index (χ3n) is 2.84. The number of carbonyl (C=O) groups excluding carboxylic acids is 1. The fourth-order valence-corrected chi connectivity index (χ4v) is 2.64. The van der Waals surface area contributed by atoms with E-state index >= 15 is 0 Å². The van der Waals surface area contributed by atoms with Crippen molar-refractivity contribution in [3.05, 3.63) is 66.3 Å². The second-order valence-corrected chi connectivity index (χ2v) is 5.26. The largest absolute Gasteiger partial charge is 0.468 e. The van der Waals surface area contributed by atoms with Crippen LogP contribution < -0.4 is 0 Å². The lowest BCUT2D eigenvalue weighted by Crippen LogP contribution is -1.78. The molecule has 2 aromatic heterocycles. The van der Waals surface area contributed by atoms with Crippen molar-refractivity contribution in [1.82, 2.24) is 0 Å². The lowest BCUT2D eigenvalue weighted by molar-refractivity contribution is 0.110. The molecule has 2 heterocycles. The number of aldehydes is 1. The Bertz CT molecular complexity index is 681. The second kappa shape index (κ2) is 5.84. The van der Waals surface area contributed by atoms with Gasteiger partial charge < -0.3 is 8.83 Å². The van der Waals surface area contributed by atoms with Crippen molar-refractivity contribution < 1.29 is 13.6 Å². The number of hydrogen-bond donors (Lipinski definition) is 0. The van der Waals surface area contributed by atoms with Gasteiger partial charge in [0.15, 0.2) is 12.0 Å². The summed E-state index contributed by atoms with van der Waals surface area (Å²) in [5.41, 5.74) is 0.959. The van der Waals surface area contributed by atoms with Gasteiger partial charge in [-0.15, -0.1) is 11.8 Å². The van der Waals surface area contributed by atoms with Gasteiger partial charge in [-0.1, -0.05) is 12.1 Å². The van der Waals surface area contributed by atoms with Crippen molar-refractivity contribution in [2.75, 3.05) is 0 Å². The van der Waals surface area contributed by atoms with Gasteiger partial charge in [-0.25, -0.2) is 0 Å². The first kappa shape index (κ1) is 12.8. The Labute approximate surface area is 120 Å². The number of hydrogen-bond acceptors (Lipinski definition) is 4. The van der Waals surface area contributed by atoms with Gasteiger partial charge in [-0.05, 0) is 36.4 Å². The molecule has 0 saturated carbocycles. The van der Waals surface area contributed by atoms with E-state index in [-0.39, 0.29) is 0 Å². The molecule has 0 amide bonds. The first-order valence-electron chi connectivity index (χ1n) is 6.16. The van der Waals surface area contributed by atoms with Gasteiger partial charge in [0, 0.05) is 10.5 Å². The zero-order valence-corrected chi connectivity index (χ0v) is 11.4. The molecule has 0 N–H and O–H groups in total. The van der Waals surface area contributed by atoms with E-state index in [4.69, 9.17) is 8.83 Å². The van der Waals surface area contributed by atoms with E-state index in [9.17, 15) is 4.79 Å². The molecule has 3 rings (SSSR count). The maximum atomic E-state index is 10.6. The summed E-state index contributed by atoms with van der Waals surface area (Å²) in [6.07, 6.45) is 2.39. The molecule has 100 valence electrons. The van der Waals surface area contributed by atoms with Gasteiger partial charge in [0.05, 0.1) is 12.0 Å². The molecule has 0 spiro atoms. The highest BCUT2D eigenvalue weighted by atomic mass is 32.2. The highest BCUT2D eigenvalue weighted by Gasteiger charge is 2.04. The smallest absolute Gasteiger partial charge is 0.185 e. The molecule has 0 bridgehead atoms. The minimum absolute atomic E-state index is 0.344. The van der Waals surface area contributed by atoms with Gasteiger partial charge >= 0.3 is 0 Å². The summed E-state index contributed by atoms with van der Waals surface area (Å²) in [6.45, 7) is 0. The topological polar surface area (TPSA) is 43.4 Å². The molecule has 3 nitrogen and oxygen atoms in total. The van der Waals surface area contributed by atoms with Crippen LogP contribution in [0.2, 0.25) is 0 Å². The fourth-order valence-electron chi connectivity index (χ4n) is 1.84. The Balaban J connectivity index is 1.69. The predicted molar refractivity (Wildman–Crippen MR) is 77.8 cm³/mol. The highest BCUT2D eigenvalue weighted by Crippen LogP contribution is 2.27. The van der Waals surface area contributed by atoms with E-state index in [1.54, 1.807) is 30.2 Å². The molecule has 0 saturated heterocycles. The number of carbonyl (C=O) groups is 1. The van der Waals surface area contributed by atoms with E-state index in [0.29, 0.717) is 17.8 Å². The molecule has 0 radical (unpaired) electrons. The van der Waals surface area contributed by atoms with Crippen molar-refractivity contribution in [2.24, 2.45) is 0 Å². The molecular formula is C16H12O3S. The third-order valence-corrected chi connectivity index (χ3v) is 3.88. The first-order valence-corrected chi connectivity index (χ1v) is 7.14. The number of rotatable bonds is 5. The van der Waals surface area contributed by atoms with Crippen LogP contribution in [0.25, 0.3) is 11.3 Å². The summed E-state index contributed by atoms with van der Waals surface area (Å²) >= 11 is 1.71. The fraction of sp³-hybridized carbons (Fsp3) is 0.0625. The third kappa shape index (κ3) is 2.86. The SMILES string of the molecule is O=Cc1ccc(-c2ccc(SCc3ccco3)cc2)o1. The van der Waals surface area contributed by atoms with Crippen molar-refractivity contribution in [3.8, 4) is 11.3 Å². The molecule has 0 atom stereocenters. The molecule has 20 heavy (non-hydrogen) atoms. The Hall–Kier alpha value is -2.20. The van der Waals surface area contributed by atoms with Crippen LogP contribution >= 0.6 is 11.8 Å². The van der Waals surface area contributed by atoms with Crippen molar-refractivity contribution in [1.29, 1.82) is 0 Å². The van der Waals surface area contributed by atoms with Gasteiger partial charge in [0.1, 0.15) is 11.5 Å². The zero-order chi connectivity index (χ0) is 13.8. The van der Waals surface area contributed by atoms with Crippen LogP contribution in [-0.2, 0) is 5.75 Å². The second-order valence-electron chi connectivity index (χ2n) is 4.21. The average molecular weight is 284 g/mol. The lowest BCUT2D eigenvalue weighted by Gasteiger charge is -2.01. The van der Waals surface area contributed by atoms with Crippen LogP contribution in [0.4, 0.5) is 0 Å². The minimum atomic E-state index is 0.344. The first-order chi connectivity index (χ1) is 9.85. The summed E-state index contributed by atoms with van der Waals surface area (Å²) in [5.74, 6) is 2.81. The predicted octanol–water partition coefficient (Wildman–Crippen LogP) is 4.64. The van der Waals surface area contributed by atoms with Crippen LogP contribution in [-0.4, -0.2) is 6.29 Å². The number of furan rings is 2. The standard InChI is InChI=1S/C16H12O3S/c17-10-13-5-8-16(19-13)12-3-6-15(7-4-12)20-11-14-2-1-9-18-14/h1-10H,11H2. The summed E-state index contributed by atoms with van der Waals surface area (Å²) in [6, 6.07) is 15.4. The van der Waals surface area contributed by atoms with Crippen molar-refractivity contribution in [2.45, 2.75) is 10.6 Å². The maximum Gasteiger partial charge on any atom is 0.185 e. The van der Waals surface area contributed by atoms with Gasteiger partial charge in [-0.3, -0.25) is 4.79 Å². The van der Waals surface area contributed by atoms with Crippen LogP contribution in [0.15, 0.2) is 68.5 Å². The molecule has 0 aliphatic carbocycles. The highest BCUT2D eigenvalue weighted by molar-refractivity contribution is 7.98. The molecule has 0 unspecified atom stereocenters. The minimum Gasteiger partial charge on any atom is -0.468 e.